The lowest BCUT2D eigenvalue weighted by molar-refractivity contribution is 0.122. The second-order valence-corrected chi connectivity index (χ2v) is 6.67. The van der Waals surface area contributed by atoms with Crippen molar-refractivity contribution in [2.75, 3.05) is 36.5 Å². The third-order valence-corrected chi connectivity index (χ3v) is 4.85. The summed E-state index contributed by atoms with van der Waals surface area (Å²) in [5, 5.41) is 3.43. The van der Waals surface area contributed by atoms with Gasteiger partial charge in [0.05, 0.1) is 13.2 Å². The van der Waals surface area contributed by atoms with E-state index in [1.807, 2.05) is 36.4 Å². The Bertz CT molecular complexity index is 979. The Morgan fingerprint density at radius 3 is 2.63 bits per heavy atom. The molecule has 1 aliphatic heterocycles. The normalized spacial score (nSPS) is 14.5. The van der Waals surface area contributed by atoms with Gasteiger partial charge in [0.2, 0.25) is 0 Å². The Labute approximate surface area is 158 Å². The Balaban J connectivity index is 1.69. The van der Waals surface area contributed by atoms with E-state index in [9.17, 15) is 4.79 Å². The maximum absolute atomic E-state index is 12.8. The van der Waals surface area contributed by atoms with Gasteiger partial charge in [-0.2, -0.15) is 0 Å². The van der Waals surface area contributed by atoms with E-state index in [0.717, 1.165) is 42.3 Å². The number of para-hydroxylation sites is 1. The number of morpholine rings is 1. The third kappa shape index (κ3) is 3.80. The van der Waals surface area contributed by atoms with Crippen LogP contribution in [-0.4, -0.2) is 35.7 Å². The van der Waals surface area contributed by atoms with E-state index in [2.05, 4.69) is 23.2 Å². The Hall–Kier alpha value is -2.86. The summed E-state index contributed by atoms with van der Waals surface area (Å²) in [6.45, 7) is 5.61. The number of rotatable bonds is 5. The zero-order valence-corrected chi connectivity index (χ0v) is 15.5. The summed E-state index contributed by atoms with van der Waals surface area (Å²) < 4.78 is 7.13. The van der Waals surface area contributed by atoms with Crippen LogP contribution in [0.25, 0.3) is 5.65 Å². The highest BCUT2D eigenvalue weighted by atomic mass is 16.5. The van der Waals surface area contributed by atoms with Gasteiger partial charge < -0.3 is 15.0 Å². The maximum Gasteiger partial charge on any atom is 0.260 e. The molecule has 0 unspecified atom stereocenters. The molecule has 3 aromatic rings. The lowest BCUT2D eigenvalue weighted by atomic mass is 10.1. The standard InChI is InChI=1S/C21H24N4O2/c1-2-18-12-16(15-22-17-6-4-3-5-7-17)13-20-23-19(14-21(26)25(18)20)24-8-10-27-11-9-24/h3-7,12-14,22H,2,8-11,15H2,1H3. The molecular weight excluding hydrogens is 340 g/mol. The van der Waals surface area contributed by atoms with Crippen LogP contribution in [0.1, 0.15) is 18.2 Å². The molecule has 6 nitrogen and oxygen atoms in total. The number of nitrogens with zero attached hydrogens (tertiary/aromatic N) is 3. The van der Waals surface area contributed by atoms with Gasteiger partial charge in [-0.05, 0) is 36.2 Å². The predicted molar refractivity (Wildman–Crippen MR) is 108 cm³/mol. The molecule has 1 saturated heterocycles. The molecule has 27 heavy (non-hydrogen) atoms. The summed E-state index contributed by atoms with van der Waals surface area (Å²) in [5.41, 5.74) is 3.84. The van der Waals surface area contributed by atoms with Gasteiger partial charge in [-0.25, -0.2) is 4.98 Å². The molecule has 0 radical (unpaired) electrons. The fourth-order valence-corrected chi connectivity index (χ4v) is 3.44. The second kappa shape index (κ2) is 7.80. The summed E-state index contributed by atoms with van der Waals surface area (Å²) in [6.07, 6.45) is 0.772. The summed E-state index contributed by atoms with van der Waals surface area (Å²) in [7, 11) is 0. The highest BCUT2D eigenvalue weighted by Gasteiger charge is 2.15. The van der Waals surface area contributed by atoms with Gasteiger partial charge in [-0.15, -0.1) is 0 Å². The fraction of sp³-hybridized carbons (Fsp3) is 0.333. The van der Waals surface area contributed by atoms with Gasteiger partial charge in [0, 0.05) is 37.1 Å². The average molecular weight is 364 g/mol. The van der Waals surface area contributed by atoms with Crippen LogP contribution in [-0.2, 0) is 17.7 Å². The van der Waals surface area contributed by atoms with Crippen molar-refractivity contribution in [2.24, 2.45) is 0 Å². The second-order valence-electron chi connectivity index (χ2n) is 6.67. The molecule has 1 aliphatic rings. The van der Waals surface area contributed by atoms with Gasteiger partial charge in [0.25, 0.3) is 5.56 Å². The van der Waals surface area contributed by atoms with E-state index < -0.39 is 0 Å². The summed E-state index contributed by atoms with van der Waals surface area (Å²) in [4.78, 5) is 19.7. The first kappa shape index (κ1) is 17.5. The van der Waals surface area contributed by atoms with Gasteiger partial charge in [-0.1, -0.05) is 25.1 Å². The molecule has 0 bridgehead atoms. The zero-order chi connectivity index (χ0) is 18.6. The molecule has 4 rings (SSSR count). The largest absolute Gasteiger partial charge is 0.381 e. The van der Waals surface area contributed by atoms with E-state index in [0.29, 0.717) is 25.4 Å². The molecule has 0 saturated carbocycles. The first-order valence-electron chi connectivity index (χ1n) is 9.42. The van der Waals surface area contributed by atoms with Crippen molar-refractivity contribution in [1.82, 2.24) is 9.38 Å². The van der Waals surface area contributed by atoms with Gasteiger partial charge >= 0.3 is 0 Å². The number of hydrogen-bond acceptors (Lipinski definition) is 5. The van der Waals surface area contributed by atoms with Crippen LogP contribution in [0.3, 0.4) is 0 Å². The Morgan fingerprint density at radius 2 is 1.89 bits per heavy atom. The lowest BCUT2D eigenvalue weighted by Gasteiger charge is -2.27. The van der Waals surface area contributed by atoms with E-state index >= 15 is 0 Å². The molecule has 0 aliphatic carbocycles. The number of fused-ring (bicyclic) bond motifs is 1. The monoisotopic (exact) mass is 364 g/mol. The molecule has 0 amide bonds. The number of ether oxygens (including phenoxy) is 1. The van der Waals surface area contributed by atoms with Crippen molar-refractivity contribution in [1.29, 1.82) is 0 Å². The minimum atomic E-state index is -0.0269. The van der Waals surface area contributed by atoms with Gasteiger partial charge in [0.1, 0.15) is 11.5 Å². The van der Waals surface area contributed by atoms with Crippen molar-refractivity contribution in [3.05, 3.63) is 70.1 Å². The van der Waals surface area contributed by atoms with Crippen LogP contribution >= 0.6 is 0 Å². The number of aryl methyl sites for hydroxylation is 1. The Morgan fingerprint density at radius 1 is 1.11 bits per heavy atom. The van der Waals surface area contributed by atoms with E-state index in [1.54, 1.807) is 10.5 Å². The number of pyridine rings is 1. The molecule has 1 fully saturated rings. The summed E-state index contributed by atoms with van der Waals surface area (Å²) >= 11 is 0. The summed E-state index contributed by atoms with van der Waals surface area (Å²) in [5.74, 6) is 0.735. The number of anilines is 2. The molecule has 6 heteroatoms. The molecule has 2 aromatic heterocycles. The smallest absolute Gasteiger partial charge is 0.260 e. The number of aromatic nitrogens is 2. The van der Waals surface area contributed by atoms with Crippen molar-refractivity contribution in [3.63, 3.8) is 0 Å². The van der Waals surface area contributed by atoms with Crippen molar-refractivity contribution < 1.29 is 4.74 Å². The van der Waals surface area contributed by atoms with Crippen LogP contribution in [0, 0.1) is 0 Å². The van der Waals surface area contributed by atoms with Crippen molar-refractivity contribution in [3.8, 4) is 0 Å². The fourth-order valence-electron chi connectivity index (χ4n) is 3.44. The minimum absolute atomic E-state index is 0.0269. The number of nitrogens with one attached hydrogen (secondary N) is 1. The molecule has 0 spiro atoms. The highest BCUT2D eigenvalue weighted by Crippen LogP contribution is 2.16. The Kier molecular flexibility index (Phi) is 5.07. The number of benzene rings is 1. The van der Waals surface area contributed by atoms with Gasteiger partial charge in [0.15, 0.2) is 0 Å². The predicted octanol–water partition coefficient (Wildman–Crippen LogP) is 2.71. The molecule has 1 N–H and O–H groups in total. The average Bonchev–Trinajstić information content (AvgIpc) is 2.72. The topological polar surface area (TPSA) is 58.9 Å². The van der Waals surface area contributed by atoms with Crippen LogP contribution < -0.4 is 15.8 Å². The minimum Gasteiger partial charge on any atom is -0.381 e. The first-order valence-corrected chi connectivity index (χ1v) is 9.42. The quantitative estimate of drug-likeness (QED) is 0.754. The first-order chi connectivity index (χ1) is 13.2. The lowest BCUT2D eigenvalue weighted by Crippen LogP contribution is -2.37. The van der Waals surface area contributed by atoms with Gasteiger partial charge in [-0.3, -0.25) is 9.20 Å². The zero-order valence-electron chi connectivity index (χ0n) is 15.5. The van der Waals surface area contributed by atoms with Crippen LogP contribution in [0.2, 0.25) is 0 Å². The molecule has 3 heterocycles. The van der Waals surface area contributed by atoms with E-state index in [-0.39, 0.29) is 5.56 Å². The maximum atomic E-state index is 12.8. The molecule has 140 valence electrons. The molecular formula is C21H24N4O2. The van der Waals surface area contributed by atoms with Crippen LogP contribution in [0.15, 0.2) is 53.3 Å². The van der Waals surface area contributed by atoms with E-state index in [4.69, 9.17) is 9.72 Å². The van der Waals surface area contributed by atoms with Crippen molar-refractivity contribution in [2.45, 2.75) is 19.9 Å². The SMILES string of the molecule is CCc1cc(CNc2ccccc2)cc2nc(N3CCOCC3)cc(=O)n12. The molecule has 0 atom stereocenters. The molecule has 1 aromatic carbocycles. The van der Waals surface area contributed by atoms with E-state index in [1.165, 1.54) is 0 Å². The highest BCUT2D eigenvalue weighted by molar-refractivity contribution is 5.52. The van der Waals surface area contributed by atoms with Crippen molar-refractivity contribution >= 4 is 17.2 Å². The third-order valence-electron chi connectivity index (χ3n) is 4.85. The number of hydrogen-bond donors (Lipinski definition) is 1. The summed E-state index contributed by atoms with van der Waals surface area (Å²) in [6, 6.07) is 15.8. The van der Waals surface area contributed by atoms with Crippen LogP contribution in [0.4, 0.5) is 11.5 Å². The van der Waals surface area contributed by atoms with Crippen LogP contribution in [0.5, 0.6) is 0 Å².